The molecule has 3 aromatic rings. The zero-order valence-corrected chi connectivity index (χ0v) is 15.7. The van der Waals surface area contributed by atoms with Gasteiger partial charge >= 0.3 is 12.1 Å². The predicted molar refractivity (Wildman–Crippen MR) is 99.9 cm³/mol. The maximum atomic E-state index is 13.5. The number of hydrogen-bond acceptors (Lipinski definition) is 7. The Morgan fingerprint density at radius 2 is 1.90 bits per heavy atom. The molecule has 1 fully saturated rings. The Bertz CT molecular complexity index is 1130. The van der Waals surface area contributed by atoms with E-state index in [2.05, 4.69) is 14.7 Å². The number of aromatic nitrogens is 2. The quantitative estimate of drug-likeness (QED) is 0.460. The molecule has 11 heteroatoms. The van der Waals surface area contributed by atoms with Crippen LogP contribution in [0.25, 0.3) is 11.4 Å². The highest BCUT2D eigenvalue weighted by Crippen LogP contribution is 2.30. The summed E-state index contributed by atoms with van der Waals surface area (Å²) in [7, 11) is 1.64. The van der Waals surface area contributed by atoms with Crippen molar-refractivity contribution in [1.82, 2.24) is 10.1 Å². The highest BCUT2D eigenvalue weighted by molar-refractivity contribution is 5.76. The van der Waals surface area contributed by atoms with Crippen molar-refractivity contribution in [2.75, 3.05) is 29.9 Å². The fourth-order valence-electron chi connectivity index (χ4n) is 3.50. The summed E-state index contributed by atoms with van der Waals surface area (Å²) in [4.78, 5) is 30.6. The lowest BCUT2D eigenvalue weighted by Gasteiger charge is -2.28. The zero-order chi connectivity index (χ0) is 21.6. The molecule has 7 nitrogen and oxygen atoms in total. The molecule has 4 rings (SSSR count). The Morgan fingerprint density at radius 3 is 2.47 bits per heavy atom. The Morgan fingerprint density at radius 1 is 1.20 bits per heavy atom. The number of halogens is 4. The van der Waals surface area contributed by atoms with Gasteiger partial charge in [-0.05, 0) is 12.0 Å². The second kappa shape index (κ2) is 7.22. The molecule has 2 heterocycles. The first kappa shape index (κ1) is 20.0. The largest absolute Gasteiger partial charge is 0.471 e. The van der Waals surface area contributed by atoms with Gasteiger partial charge in [-0.15, -0.1) is 0 Å². The lowest BCUT2D eigenvalue weighted by molar-refractivity contribution is -0.159. The van der Waals surface area contributed by atoms with Gasteiger partial charge in [-0.1, -0.05) is 29.4 Å². The van der Waals surface area contributed by atoms with Crippen molar-refractivity contribution >= 4 is 11.4 Å². The molecule has 2 aromatic carbocycles. The van der Waals surface area contributed by atoms with Gasteiger partial charge in [-0.3, -0.25) is 9.59 Å². The van der Waals surface area contributed by atoms with E-state index >= 15 is 0 Å². The number of benzene rings is 1. The van der Waals surface area contributed by atoms with E-state index in [1.807, 2.05) is 0 Å². The predicted octanol–water partition coefficient (Wildman–Crippen LogP) is 2.54. The normalized spacial score (nSPS) is 17.1. The van der Waals surface area contributed by atoms with E-state index in [-0.39, 0.29) is 30.3 Å². The second-order valence-corrected chi connectivity index (χ2v) is 7.16. The molecule has 0 N–H and O–H groups in total. The van der Waals surface area contributed by atoms with Crippen molar-refractivity contribution in [2.45, 2.75) is 25.3 Å². The minimum absolute atomic E-state index is 0.0883. The molecule has 1 atom stereocenters. The molecule has 30 heavy (non-hydrogen) atoms. The maximum absolute atomic E-state index is 13.5. The zero-order valence-electron chi connectivity index (χ0n) is 15.7. The third kappa shape index (κ3) is 3.55. The first-order valence-corrected chi connectivity index (χ1v) is 9.09. The summed E-state index contributed by atoms with van der Waals surface area (Å²) in [5, 5.41) is 3.33. The molecular weight excluding hydrogens is 408 g/mol. The van der Waals surface area contributed by atoms with Gasteiger partial charge in [0, 0.05) is 32.2 Å². The number of anilines is 2. The van der Waals surface area contributed by atoms with Crippen LogP contribution < -0.4 is 20.7 Å². The van der Waals surface area contributed by atoms with Crippen LogP contribution in [-0.4, -0.2) is 36.4 Å². The highest BCUT2D eigenvalue weighted by Gasteiger charge is 2.38. The SMILES string of the molecule is CN(Cc1ccc(-c2noc(C(F)(F)F)n2)cc1)c1c(N2CCC(F)C2)c(=O)c1=O. The van der Waals surface area contributed by atoms with Crippen LogP contribution in [0.5, 0.6) is 0 Å². The second-order valence-electron chi connectivity index (χ2n) is 7.16. The Labute approximate surface area is 167 Å². The first-order chi connectivity index (χ1) is 14.1. The summed E-state index contributed by atoms with van der Waals surface area (Å²) in [5.74, 6) is -1.62. The van der Waals surface area contributed by atoms with Gasteiger partial charge in [-0.25, -0.2) is 4.39 Å². The average molecular weight is 424 g/mol. The lowest BCUT2D eigenvalue weighted by atomic mass is 10.1. The molecular formula is C19H16F4N4O3. The van der Waals surface area contributed by atoms with Gasteiger partial charge in [0.15, 0.2) is 0 Å². The summed E-state index contributed by atoms with van der Waals surface area (Å²) in [6.45, 7) is 0.738. The molecule has 1 unspecified atom stereocenters. The molecule has 1 aromatic heterocycles. The molecule has 0 bridgehead atoms. The molecule has 0 radical (unpaired) electrons. The minimum atomic E-state index is -4.72. The van der Waals surface area contributed by atoms with Gasteiger partial charge in [0.05, 0.1) is 0 Å². The van der Waals surface area contributed by atoms with Gasteiger partial charge in [0.1, 0.15) is 17.5 Å². The number of alkyl halides is 4. The van der Waals surface area contributed by atoms with E-state index < -0.39 is 29.1 Å². The van der Waals surface area contributed by atoms with E-state index in [0.29, 0.717) is 18.5 Å². The maximum Gasteiger partial charge on any atom is 0.471 e. The van der Waals surface area contributed by atoms with E-state index in [1.54, 1.807) is 29.0 Å². The van der Waals surface area contributed by atoms with Crippen LogP contribution in [0.15, 0.2) is 38.4 Å². The molecule has 0 saturated carbocycles. The van der Waals surface area contributed by atoms with E-state index in [1.165, 1.54) is 12.1 Å². The third-order valence-electron chi connectivity index (χ3n) is 4.99. The molecule has 0 spiro atoms. The summed E-state index contributed by atoms with van der Waals surface area (Å²) in [6, 6.07) is 6.36. The standard InChI is InChI=1S/C19H16F4N4O3/c1-26(13-14(16(29)15(13)28)27-7-6-12(20)9-27)8-10-2-4-11(5-3-10)17-24-18(30-25-17)19(21,22)23/h2-5,12H,6-9H2,1H3. The Hall–Kier alpha value is -3.24. The first-order valence-electron chi connectivity index (χ1n) is 9.09. The molecule has 1 saturated heterocycles. The average Bonchev–Trinajstić information content (AvgIpc) is 3.34. The summed E-state index contributed by atoms with van der Waals surface area (Å²) < 4.78 is 55.5. The minimum Gasteiger partial charge on any atom is -0.365 e. The summed E-state index contributed by atoms with van der Waals surface area (Å²) >= 11 is 0. The van der Waals surface area contributed by atoms with Crippen molar-refractivity contribution in [3.05, 3.63) is 56.2 Å². The van der Waals surface area contributed by atoms with Crippen LogP contribution in [-0.2, 0) is 12.7 Å². The molecule has 1 aliphatic rings. The molecule has 1 aliphatic heterocycles. The van der Waals surface area contributed by atoms with E-state index in [4.69, 9.17) is 0 Å². The van der Waals surface area contributed by atoms with Crippen molar-refractivity contribution in [3.63, 3.8) is 0 Å². The fraction of sp³-hybridized carbons (Fsp3) is 0.368. The van der Waals surface area contributed by atoms with Crippen LogP contribution in [0.3, 0.4) is 0 Å². The van der Waals surface area contributed by atoms with Gasteiger partial charge in [-0.2, -0.15) is 18.2 Å². The number of nitrogens with zero attached hydrogens (tertiary/aromatic N) is 4. The monoisotopic (exact) mass is 424 g/mol. The number of hydrogen-bond donors (Lipinski definition) is 0. The van der Waals surface area contributed by atoms with Crippen molar-refractivity contribution < 1.29 is 22.1 Å². The fourth-order valence-corrected chi connectivity index (χ4v) is 3.50. The molecule has 0 amide bonds. The van der Waals surface area contributed by atoms with Crippen molar-refractivity contribution in [2.24, 2.45) is 0 Å². The van der Waals surface area contributed by atoms with Crippen LogP contribution in [0.2, 0.25) is 0 Å². The van der Waals surface area contributed by atoms with Gasteiger partial charge in [0.2, 0.25) is 5.82 Å². The van der Waals surface area contributed by atoms with E-state index in [0.717, 1.165) is 5.56 Å². The number of rotatable bonds is 5. The summed E-state index contributed by atoms with van der Waals surface area (Å²) in [5.41, 5.74) is 0.333. The summed E-state index contributed by atoms with van der Waals surface area (Å²) in [6.07, 6.45) is -5.43. The highest BCUT2D eigenvalue weighted by atomic mass is 19.4. The van der Waals surface area contributed by atoms with Crippen molar-refractivity contribution in [3.8, 4) is 11.4 Å². The van der Waals surface area contributed by atoms with E-state index in [9.17, 15) is 27.2 Å². The van der Waals surface area contributed by atoms with Crippen LogP contribution in [0.4, 0.5) is 28.9 Å². The van der Waals surface area contributed by atoms with Gasteiger partial charge in [0.25, 0.3) is 10.9 Å². The third-order valence-corrected chi connectivity index (χ3v) is 4.99. The van der Waals surface area contributed by atoms with Crippen LogP contribution in [0, 0.1) is 0 Å². The van der Waals surface area contributed by atoms with Crippen molar-refractivity contribution in [1.29, 1.82) is 0 Å². The van der Waals surface area contributed by atoms with Crippen LogP contribution >= 0.6 is 0 Å². The lowest BCUT2D eigenvalue weighted by Crippen LogP contribution is -2.44. The Kier molecular flexibility index (Phi) is 4.83. The molecule has 158 valence electrons. The topological polar surface area (TPSA) is 79.5 Å². The van der Waals surface area contributed by atoms with Gasteiger partial charge < -0.3 is 14.3 Å². The molecule has 0 aliphatic carbocycles. The Balaban J connectivity index is 1.49. The van der Waals surface area contributed by atoms with Crippen LogP contribution in [0.1, 0.15) is 17.9 Å². The smallest absolute Gasteiger partial charge is 0.365 e.